The number of rotatable bonds is 6. The van der Waals surface area contributed by atoms with Crippen LogP contribution in [-0.4, -0.2) is 45.0 Å². The number of hydrogen-bond donors (Lipinski definition) is 1. The fourth-order valence-corrected chi connectivity index (χ4v) is 4.43. The third kappa shape index (κ3) is 5.19. The van der Waals surface area contributed by atoms with Crippen molar-refractivity contribution in [3.8, 4) is 11.1 Å². The van der Waals surface area contributed by atoms with Gasteiger partial charge in [-0.05, 0) is 71.8 Å². The highest BCUT2D eigenvalue weighted by Gasteiger charge is 2.17. The highest BCUT2D eigenvalue weighted by Crippen LogP contribution is 2.26. The van der Waals surface area contributed by atoms with Crippen LogP contribution in [0.25, 0.3) is 21.9 Å². The first-order valence-corrected chi connectivity index (χ1v) is 11.6. The number of piperidine rings is 1. The number of carbonyl (C=O) groups is 1. The summed E-state index contributed by atoms with van der Waals surface area (Å²) < 4.78 is 13.1. The van der Waals surface area contributed by atoms with Gasteiger partial charge in [-0.15, -0.1) is 0 Å². The van der Waals surface area contributed by atoms with Crippen molar-refractivity contribution >= 4 is 16.6 Å². The smallest absolute Gasteiger partial charge is 0.168 e. The molecule has 0 bridgehead atoms. The first-order valence-electron chi connectivity index (χ1n) is 11.6. The summed E-state index contributed by atoms with van der Waals surface area (Å²) in [6, 6.07) is 15.9. The van der Waals surface area contributed by atoms with Gasteiger partial charge in [0.15, 0.2) is 5.78 Å². The van der Waals surface area contributed by atoms with Crippen molar-refractivity contribution in [3.63, 3.8) is 0 Å². The number of likely N-dealkylation sites (tertiary alicyclic amines) is 1. The van der Waals surface area contributed by atoms with E-state index in [1.54, 1.807) is 6.20 Å². The molecule has 3 heterocycles. The average molecular weight is 456 g/mol. The SMILES string of the molecule is O=C(Cc1cc2cc(-c3cncc(CN4CCC(O)CC4)c3)ccc2cn1)c1ccc(F)cc1. The van der Waals surface area contributed by atoms with Crippen LogP contribution < -0.4 is 0 Å². The Morgan fingerprint density at radius 3 is 2.53 bits per heavy atom. The minimum atomic E-state index is -0.360. The molecule has 5 nitrogen and oxygen atoms in total. The Kier molecular flexibility index (Phi) is 6.43. The molecular weight excluding hydrogens is 429 g/mol. The number of ketones is 1. The molecule has 0 amide bonds. The van der Waals surface area contributed by atoms with Crippen LogP contribution in [0.1, 0.15) is 34.5 Å². The van der Waals surface area contributed by atoms with Crippen LogP contribution in [0.15, 0.2) is 73.2 Å². The summed E-state index contributed by atoms with van der Waals surface area (Å²) in [4.78, 5) is 23.8. The molecule has 2 aromatic heterocycles. The monoisotopic (exact) mass is 455 g/mol. The Morgan fingerprint density at radius 2 is 1.74 bits per heavy atom. The summed E-state index contributed by atoms with van der Waals surface area (Å²) >= 11 is 0. The van der Waals surface area contributed by atoms with Gasteiger partial charge < -0.3 is 5.11 Å². The lowest BCUT2D eigenvalue weighted by atomic mass is 10.0. The first kappa shape index (κ1) is 22.3. The van der Waals surface area contributed by atoms with Crippen molar-refractivity contribution in [2.24, 2.45) is 0 Å². The van der Waals surface area contributed by atoms with Gasteiger partial charge in [0.25, 0.3) is 0 Å². The average Bonchev–Trinajstić information content (AvgIpc) is 2.85. The number of carbonyl (C=O) groups excluding carboxylic acids is 1. The van der Waals surface area contributed by atoms with Crippen molar-refractivity contribution in [2.75, 3.05) is 13.1 Å². The molecule has 34 heavy (non-hydrogen) atoms. The third-order valence-corrected chi connectivity index (χ3v) is 6.38. The van der Waals surface area contributed by atoms with Crippen LogP contribution in [0.2, 0.25) is 0 Å². The molecule has 1 aliphatic rings. The molecule has 0 aliphatic carbocycles. The molecule has 1 N–H and O–H groups in total. The fourth-order valence-electron chi connectivity index (χ4n) is 4.43. The van der Waals surface area contributed by atoms with Gasteiger partial charge in [0.2, 0.25) is 0 Å². The number of fused-ring (bicyclic) bond motifs is 1. The molecule has 1 saturated heterocycles. The number of Topliss-reactive ketones (excluding diaryl/α,β-unsaturated/α-hetero) is 1. The maximum absolute atomic E-state index is 13.1. The Balaban J connectivity index is 1.35. The number of pyridine rings is 2. The number of aliphatic hydroxyl groups excluding tert-OH is 1. The zero-order valence-electron chi connectivity index (χ0n) is 18.8. The molecule has 172 valence electrons. The quantitative estimate of drug-likeness (QED) is 0.423. The zero-order valence-corrected chi connectivity index (χ0v) is 18.8. The molecule has 4 aromatic rings. The molecule has 1 aliphatic heterocycles. The maximum atomic E-state index is 13.1. The number of aliphatic hydroxyl groups is 1. The summed E-state index contributed by atoms with van der Waals surface area (Å²) in [7, 11) is 0. The van der Waals surface area contributed by atoms with Crippen LogP contribution in [0.5, 0.6) is 0 Å². The second-order valence-electron chi connectivity index (χ2n) is 8.93. The number of aromatic nitrogens is 2. The molecular formula is C28H26FN3O2. The van der Waals surface area contributed by atoms with Crippen molar-refractivity contribution in [1.82, 2.24) is 14.9 Å². The number of halogens is 1. The lowest BCUT2D eigenvalue weighted by Crippen LogP contribution is -2.35. The van der Waals surface area contributed by atoms with Gasteiger partial charge in [-0.25, -0.2) is 4.39 Å². The van der Waals surface area contributed by atoms with E-state index in [2.05, 4.69) is 33.1 Å². The standard InChI is InChI=1S/C28H26FN3O2/c29-25-5-3-20(4-6-25)28(34)14-26-13-23-12-21(1-2-22(23)17-31-26)24-11-19(15-30-16-24)18-32-9-7-27(33)8-10-32/h1-6,11-13,15-17,27,33H,7-10,14,18H2. The van der Waals surface area contributed by atoms with E-state index in [9.17, 15) is 14.3 Å². The van der Waals surface area contributed by atoms with Crippen molar-refractivity contribution in [1.29, 1.82) is 0 Å². The Morgan fingerprint density at radius 1 is 0.941 bits per heavy atom. The highest BCUT2D eigenvalue weighted by atomic mass is 19.1. The van der Waals surface area contributed by atoms with E-state index in [1.165, 1.54) is 24.3 Å². The van der Waals surface area contributed by atoms with Crippen LogP contribution >= 0.6 is 0 Å². The largest absolute Gasteiger partial charge is 0.393 e. The van der Waals surface area contributed by atoms with Crippen LogP contribution in [0, 0.1) is 5.82 Å². The lowest BCUT2D eigenvalue weighted by Gasteiger charge is -2.29. The first-order chi connectivity index (χ1) is 16.5. The summed E-state index contributed by atoms with van der Waals surface area (Å²) in [6.07, 6.45) is 7.17. The molecule has 1 fully saturated rings. The maximum Gasteiger partial charge on any atom is 0.168 e. The van der Waals surface area contributed by atoms with Crippen molar-refractivity contribution in [2.45, 2.75) is 31.9 Å². The molecule has 0 spiro atoms. The van der Waals surface area contributed by atoms with Gasteiger partial charge in [0, 0.05) is 60.4 Å². The Hall–Kier alpha value is -3.48. The van der Waals surface area contributed by atoms with E-state index in [4.69, 9.17) is 0 Å². The van der Waals surface area contributed by atoms with Crippen molar-refractivity contribution in [3.05, 3.63) is 95.8 Å². The molecule has 0 atom stereocenters. The van der Waals surface area contributed by atoms with Crippen LogP contribution in [-0.2, 0) is 13.0 Å². The minimum Gasteiger partial charge on any atom is -0.393 e. The minimum absolute atomic E-state index is 0.0925. The van der Waals surface area contributed by atoms with E-state index < -0.39 is 0 Å². The molecule has 5 rings (SSSR count). The lowest BCUT2D eigenvalue weighted by molar-refractivity contribution is 0.0792. The third-order valence-electron chi connectivity index (χ3n) is 6.38. The normalized spacial score (nSPS) is 15.0. The van der Waals surface area contributed by atoms with Gasteiger partial charge in [-0.2, -0.15) is 0 Å². The fraction of sp³-hybridized carbons (Fsp3) is 0.250. The molecule has 6 heteroatoms. The number of nitrogens with zero attached hydrogens (tertiary/aromatic N) is 3. The second kappa shape index (κ2) is 9.79. The Labute approximate surface area is 197 Å². The van der Waals surface area contributed by atoms with Crippen LogP contribution in [0.3, 0.4) is 0 Å². The summed E-state index contributed by atoms with van der Waals surface area (Å²) in [5.74, 6) is -0.452. The number of benzene rings is 2. The summed E-state index contributed by atoms with van der Waals surface area (Å²) in [6.45, 7) is 2.61. The van der Waals surface area contributed by atoms with E-state index in [-0.39, 0.29) is 24.1 Å². The van der Waals surface area contributed by atoms with E-state index in [0.29, 0.717) is 11.3 Å². The van der Waals surface area contributed by atoms with E-state index in [0.717, 1.165) is 59.9 Å². The zero-order chi connectivity index (χ0) is 23.5. The molecule has 0 saturated carbocycles. The predicted octanol–water partition coefficient (Wildman–Crippen LogP) is 4.82. The van der Waals surface area contributed by atoms with Crippen LogP contribution in [0.4, 0.5) is 4.39 Å². The van der Waals surface area contributed by atoms with Gasteiger partial charge in [-0.1, -0.05) is 12.1 Å². The summed E-state index contributed by atoms with van der Waals surface area (Å²) in [5, 5.41) is 11.7. The van der Waals surface area contributed by atoms with Crippen molar-refractivity contribution < 1.29 is 14.3 Å². The van der Waals surface area contributed by atoms with Gasteiger partial charge in [0.05, 0.1) is 12.5 Å². The topological polar surface area (TPSA) is 66.3 Å². The second-order valence-corrected chi connectivity index (χ2v) is 8.93. The summed E-state index contributed by atoms with van der Waals surface area (Å²) in [5.41, 5.74) is 4.39. The molecule has 0 radical (unpaired) electrons. The Bertz CT molecular complexity index is 1320. The molecule has 2 aromatic carbocycles. The molecule has 0 unspecified atom stereocenters. The van der Waals surface area contributed by atoms with E-state index >= 15 is 0 Å². The van der Waals surface area contributed by atoms with Gasteiger partial charge in [-0.3, -0.25) is 19.7 Å². The predicted molar refractivity (Wildman–Crippen MR) is 130 cm³/mol. The van der Waals surface area contributed by atoms with E-state index in [1.807, 2.05) is 24.5 Å². The van der Waals surface area contributed by atoms with Gasteiger partial charge in [0.1, 0.15) is 5.82 Å². The van der Waals surface area contributed by atoms with Gasteiger partial charge >= 0.3 is 0 Å². The highest BCUT2D eigenvalue weighted by molar-refractivity contribution is 5.97. The number of hydrogen-bond acceptors (Lipinski definition) is 5.